The first-order chi connectivity index (χ1) is 6.73. The average Bonchev–Trinajstić information content (AvgIpc) is 2.24. The molecule has 1 rings (SSSR count). The Morgan fingerprint density at radius 2 is 1.73 bits per heavy atom. The molecule has 1 aliphatic heterocycles. The molecule has 1 heterocycles. The zero-order chi connectivity index (χ0) is 11.7. The lowest BCUT2D eigenvalue weighted by molar-refractivity contribution is 0.332. The number of allylic oxidation sites excluding steroid dienone is 2. The molecule has 15 heavy (non-hydrogen) atoms. The molecule has 0 aromatic carbocycles. The Bertz CT molecular complexity index is 429. The van der Waals surface area contributed by atoms with Crippen LogP contribution in [0.5, 0.6) is 0 Å². The van der Waals surface area contributed by atoms with Crippen molar-refractivity contribution in [1.29, 1.82) is 0 Å². The van der Waals surface area contributed by atoms with Crippen LogP contribution >= 0.6 is 15.3 Å². The molecule has 84 valence electrons. The fourth-order valence-electron chi connectivity index (χ4n) is 0.828. The molecule has 8 nitrogen and oxygen atoms in total. The van der Waals surface area contributed by atoms with Crippen LogP contribution in [0.3, 0.4) is 0 Å². The van der Waals surface area contributed by atoms with Gasteiger partial charge in [-0.3, -0.25) is 4.57 Å². The molecule has 4 N–H and O–H groups in total. The fraction of sp³-hybridized carbons (Fsp3) is 0. The molecule has 10 heteroatoms. The predicted octanol–water partition coefficient (Wildman–Crippen LogP) is -0.0442. The van der Waals surface area contributed by atoms with Crippen molar-refractivity contribution in [1.82, 2.24) is 4.67 Å². The minimum atomic E-state index is -4.84. The Kier molecular flexibility index (Phi) is 3.30. The third-order valence-electron chi connectivity index (χ3n) is 1.36. The minimum Gasteiger partial charge on any atom is -0.319 e. The second kappa shape index (κ2) is 4.02. The highest BCUT2D eigenvalue weighted by atomic mass is 31.2. The van der Waals surface area contributed by atoms with E-state index in [4.69, 9.17) is 19.6 Å². The predicted molar refractivity (Wildman–Crippen MR) is 51.6 cm³/mol. The average molecular weight is 254 g/mol. The van der Waals surface area contributed by atoms with Crippen LogP contribution in [0, 0.1) is 0 Å². The van der Waals surface area contributed by atoms with Crippen LogP contribution in [-0.2, 0) is 9.13 Å². The zero-order valence-corrected chi connectivity index (χ0v) is 8.99. The summed E-state index contributed by atoms with van der Waals surface area (Å²) in [5, 5.41) is 0. The van der Waals surface area contributed by atoms with E-state index in [0.29, 0.717) is 0 Å². The molecule has 0 aliphatic carbocycles. The Hall–Kier alpha value is -0.750. The van der Waals surface area contributed by atoms with Gasteiger partial charge in [-0.2, -0.15) is 0 Å². The molecule has 0 saturated heterocycles. The van der Waals surface area contributed by atoms with E-state index in [0.717, 1.165) is 12.4 Å². The van der Waals surface area contributed by atoms with Crippen molar-refractivity contribution < 1.29 is 28.7 Å². The maximum atomic E-state index is 10.9. The maximum Gasteiger partial charge on any atom is 0.435 e. The van der Waals surface area contributed by atoms with E-state index in [1.165, 1.54) is 12.2 Å². The van der Waals surface area contributed by atoms with Gasteiger partial charge in [0.1, 0.15) is 0 Å². The van der Waals surface area contributed by atoms with Crippen molar-refractivity contribution >= 4 is 20.9 Å². The zero-order valence-electron chi connectivity index (χ0n) is 7.20. The van der Waals surface area contributed by atoms with Gasteiger partial charge in [-0.05, 0) is 12.2 Å². The summed E-state index contributed by atoms with van der Waals surface area (Å²) >= 11 is 0. The number of nitrogens with zero attached hydrogens (tertiary/aromatic N) is 2. The van der Waals surface area contributed by atoms with E-state index >= 15 is 0 Å². The van der Waals surface area contributed by atoms with E-state index < -0.39 is 20.9 Å². The molecule has 0 atom stereocenters. The van der Waals surface area contributed by atoms with Crippen molar-refractivity contribution in [2.24, 2.45) is 4.99 Å². The first kappa shape index (κ1) is 12.3. The van der Waals surface area contributed by atoms with Crippen molar-refractivity contribution in [2.45, 2.75) is 0 Å². The van der Waals surface area contributed by atoms with Gasteiger partial charge in [0.25, 0.3) is 0 Å². The van der Waals surface area contributed by atoms with E-state index in [9.17, 15) is 9.13 Å². The lowest BCUT2D eigenvalue weighted by Crippen LogP contribution is -2.22. The normalized spacial score (nSPS) is 17.6. The standard InChI is InChI=1S/C5H8N2O6P2/c8-14(9,10)5-6-3-1-2-4-7(5)15(11,12)13/h1-4H,(H2,8,9,10)(H2,11,12,13). The van der Waals surface area contributed by atoms with Crippen molar-refractivity contribution in [3.8, 4) is 0 Å². The second-order valence-electron chi connectivity index (χ2n) is 2.51. The van der Waals surface area contributed by atoms with E-state index in [1.54, 1.807) is 0 Å². The highest BCUT2D eigenvalue weighted by Gasteiger charge is 2.37. The number of rotatable bonds is 2. The van der Waals surface area contributed by atoms with Crippen LogP contribution in [0.4, 0.5) is 0 Å². The van der Waals surface area contributed by atoms with E-state index in [2.05, 4.69) is 4.99 Å². The summed E-state index contributed by atoms with van der Waals surface area (Å²) in [5.74, 6) is 0. The fourth-order valence-corrected chi connectivity index (χ4v) is 2.61. The number of aliphatic imine (C=N–C) groups is 1. The molecular formula is C5H8N2O6P2. The lowest BCUT2D eigenvalue weighted by atomic mass is 10.6. The summed E-state index contributed by atoms with van der Waals surface area (Å²) in [4.78, 5) is 38.6. The van der Waals surface area contributed by atoms with Crippen molar-refractivity contribution in [3.63, 3.8) is 0 Å². The highest BCUT2D eigenvalue weighted by molar-refractivity contribution is 7.72. The van der Waals surface area contributed by atoms with Gasteiger partial charge in [0, 0.05) is 12.4 Å². The van der Waals surface area contributed by atoms with Crippen LogP contribution < -0.4 is 0 Å². The molecule has 0 amide bonds. The molecule has 0 radical (unpaired) electrons. The van der Waals surface area contributed by atoms with E-state index in [-0.39, 0.29) is 4.67 Å². The van der Waals surface area contributed by atoms with Gasteiger partial charge in [0.05, 0.1) is 0 Å². The summed E-state index contributed by atoms with van der Waals surface area (Å²) in [7, 11) is -9.68. The molecular weight excluding hydrogens is 246 g/mol. The molecule has 0 saturated carbocycles. The summed E-state index contributed by atoms with van der Waals surface area (Å²) in [6.45, 7) is 0. The largest absolute Gasteiger partial charge is 0.435 e. The number of hydrogen-bond acceptors (Lipinski definition) is 3. The quantitative estimate of drug-likeness (QED) is 0.508. The highest BCUT2D eigenvalue weighted by Crippen LogP contribution is 2.50. The Labute approximate surface area is 84.6 Å². The van der Waals surface area contributed by atoms with Gasteiger partial charge >= 0.3 is 15.3 Å². The third-order valence-corrected chi connectivity index (χ3v) is 3.25. The van der Waals surface area contributed by atoms with Gasteiger partial charge in [-0.15, -0.1) is 0 Å². The van der Waals surface area contributed by atoms with Gasteiger partial charge in [0.15, 0.2) is 0 Å². The SMILES string of the molecule is O=P(O)(O)C1=NC=CC=CN1P(=O)(O)O. The summed E-state index contributed by atoms with van der Waals surface area (Å²) in [5.41, 5.74) is -0.985. The topological polar surface area (TPSA) is 131 Å². The molecule has 0 unspecified atom stereocenters. The first-order valence-corrected chi connectivity index (χ1v) is 6.73. The number of amidine groups is 1. The monoisotopic (exact) mass is 254 g/mol. The Morgan fingerprint density at radius 1 is 1.13 bits per heavy atom. The maximum absolute atomic E-state index is 10.9. The molecule has 0 aromatic heterocycles. The Balaban J connectivity index is 3.26. The molecule has 1 aliphatic rings. The third kappa shape index (κ3) is 3.10. The minimum absolute atomic E-state index is 0.147. The van der Waals surface area contributed by atoms with Crippen LogP contribution in [0.15, 0.2) is 29.5 Å². The Morgan fingerprint density at radius 3 is 2.20 bits per heavy atom. The van der Waals surface area contributed by atoms with Gasteiger partial charge in [-0.1, -0.05) is 0 Å². The van der Waals surface area contributed by atoms with Gasteiger partial charge < -0.3 is 19.6 Å². The van der Waals surface area contributed by atoms with Gasteiger partial charge in [-0.25, -0.2) is 14.2 Å². The molecule has 0 bridgehead atoms. The van der Waals surface area contributed by atoms with Crippen molar-refractivity contribution in [3.05, 3.63) is 24.6 Å². The van der Waals surface area contributed by atoms with Crippen LogP contribution in [-0.4, -0.2) is 29.8 Å². The lowest BCUT2D eigenvalue weighted by Gasteiger charge is -2.21. The van der Waals surface area contributed by atoms with Crippen LogP contribution in [0.25, 0.3) is 0 Å². The second-order valence-corrected chi connectivity index (χ2v) is 5.46. The van der Waals surface area contributed by atoms with Crippen molar-refractivity contribution in [2.75, 3.05) is 0 Å². The van der Waals surface area contributed by atoms with Gasteiger partial charge in [0.2, 0.25) is 5.58 Å². The summed E-state index contributed by atoms with van der Waals surface area (Å²) in [6.07, 6.45) is 4.36. The number of hydrogen-bond donors (Lipinski definition) is 4. The van der Waals surface area contributed by atoms with Crippen LogP contribution in [0.1, 0.15) is 0 Å². The molecule has 0 aromatic rings. The summed E-state index contributed by atoms with van der Waals surface area (Å²) in [6, 6.07) is 0. The summed E-state index contributed by atoms with van der Waals surface area (Å²) < 4.78 is 22.0. The smallest absolute Gasteiger partial charge is 0.319 e. The van der Waals surface area contributed by atoms with E-state index in [1.807, 2.05) is 0 Å². The molecule has 0 fully saturated rings. The first-order valence-electron chi connectivity index (χ1n) is 3.55. The van der Waals surface area contributed by atoms with Crippen LogP contribution in [0.2, 0.25) is 0 Å². The molecule has 0 spiro atoms.